The highest BCUT2D eigenvalue weighted by Crippen LogP contribution is 2.63. The van der Waals surface area contributed by atoms with E-state index in [0.717, 1.165) is 11.2 Å². The van der Waals surface area contributed by atoms with Crippen LogP contribution in [0.5, 0.6) is 0 Å². The summed E-state index contributed by atoms with van der Waals surface area (Å²) in [5, 5.41) is 2.38. The highest BCUT2D eigenvalue weighted by molar-refractivity contribution is 6.94. The zero-order valence-electron chi connectivity index (χ0n) is 32.7. The van der Waals surface area contributed by atoms with E-state index < -0.39 is 0 Å². The van der Waals surface area contributed by atoms with Gasteiger partial charge in [-0.3, -0.25) is 0 Å². The summed E-state index contributed by atoms with van der Waals surface area (Å²) in [7, 11) is 0. The van der Waals surface area contributed by atoms with Crippen molar-refractivity contribution in [3.05, 3.63) is 107 Å². The van der Waals surface area contributed by atoms with Crippen molar-refractivity contribution in [2.75, 3.05) is 9.71 Å². The van der Waals surface area contributed by atoms with Gasteiger partial charge in [0.05, 0.1) is 11.2 Å². The molecule has 4 aliphatic rings. The highest BCUT2D eigenvalue weighted by Gasteiger charge is 2.62. The van der Waals surface area contributed by atoms with Gasteiger partial charge in [0.15, 0.2) is 5.58 Å². The van der Waals surface area contributed by atoms with Crippen LogP contribution in [-0.4, -0.2) is 12.4 Å². The second-order valence-electron chi connectivity index (χ2n) is 19.1. The SMILES string of the molecule is Cc1cc2c3c(c1)N1c4c(cc(C(C)(C)C)cc4C4(C)CCCCC14C)B3N(c1ccccc1C)c1c-2ccc2c1oc1ccc(C(C)(C)C)cc12. The third-order valence-corrected chi connectivity index (χ3v) is 13.9. The topological polar surface area (TPSA) is 19.6 Å². The summed E-state index contributed by atoms with van der Waals surface area (Å²) in [6.07, 6.45) is 4.97. The molecule has 1 saturated carbocycles. The van der Waals surface area contributed by atoms with Gasteiger partial charge in [-0.15, -0.1) is 0 Å². The van der Waals surface area contributed by atoms with Gasteiger partial charge in [0.1, 0.15) is 5.58 Å². The number of hydrogen-bond acceptors (Lipinski definition) is 3. The molecule has 4 heterocycles. The fourth-order valence-electron chi connectivity index (χ4n) is 10.7. The van der Waals surface area contributed by atoms with Gasteiger partial charge >= 0.3 is 6.85 Å². The summed E-state index contributed by atoms with van der Waals surface area (Å²) in [6.45, 7) is 23.8. The molecule has 5 aromatic carbocycles. The Hall–Kier alpha value is -4.44. The number of fused-ring (bicyclic) bond motifs is 11. The maximum Gasteiger partial charge on any atom is 0.333 e. The summed E-state index contributed by atoms with van der Waals surface area (Å²) >= 11 is 0. The van der Waals surface area contributed by atoms with Gasteiger partial charge in [0, 0.05) is 38.8 Å². The normalized spacial score (nSPS) is 21.8. The molecule has 2 unspecified atom stereocenters. The lowest BCUT2D eigenvalue weighted by molar-refractivity contribution is 0.195. The van der Waals surface area contributed by atoms with Crippen LogP contribution in [0.4, 0.5) is 22.7 Å². The Bertz CT molecular complexity index is 2530. The van der Waals surface area contributed by atoms with Crippen LogP contribution in [0.15, 0.2) is 83.3 Å². The van der Waals surface area contributed by atoms with Gasteiger partial charge < -0.3 is 14.1 Å². The van der Waals surface area contributed by atoms with E-state index in [4.69, 9.17) is 4.42 Å². The molecule has 0 spiro atoms. The molecule has 2 atom stereocenters. The smallest absolute Gasteiger partial charge is 0.333 e. The first-order valence-electron chi connectivity index (χ1n) is 19.6. The third kappa shape index (κ3) is 3.99. The Kier molecular flexibility index (Phi) is 6.30. The highest BCUT2D eigenvalue weighted by atomic mass is 16.3. The number of benzene rings is 5. The molecule has 6 aromatic rings. The molecule has 0 radical (unpaired) electrons. The predicted octanol–water partition coefficient (Wildman–Crippen LogP) is 11.8. The van der Waals surface area contributed by atoms with Crippen LogP contribution >= 0.6 is 0 Å². The average molecular weight is 683 g/mol. The zero-order valence-corrected chi connectivity index (χ0v) is 32.7. The number of furan rings is 1. The third-order valence-electron chi connectivity index (χ3n) is 13.9. The summed E-state index contributed by atoms with van der Waals surface area (Å²) in [6, 6.07) is 30.7. The summed E-state index contributed by atoms with van der Waals surface area (Å²) in [4.78, 5) is 5.54. The molecule has 3 nitrogen and oxygen atoms in total. The molecule has 4 heteroatoms. The molecule has 0 saturated heterocycles. The van der Waals surface area contributed by atoms with Crippen LogP contribution in [-0.2, 0) is 16.2 Å². The molecule has 1 fully saturated rings. The van der Waals surface area contributed by atoms with E-state index in [9.17, 15) is 0 Å². The summed E-state index contributed by atoms with van der Waals surface area (Å²) < 4.78 is 7.08. The molecule has 10 rings (SSSR count). The second kappa shape index (κ2) is 10.2. The molecular weight excluding hydrogens is 631 g/mol. The molecule has 1 aromatic heterocycles. The first-order chi connectivity index (χ1) is 24.6. The van der Waals surface area contributed by atoms with E-state index in [2.05, 4.69) is 158 Å². The minimum absolute atomic E-state index is 0.00734. The number of rotatable bonds is 1. The monoisotopic (exact) mass is 682 g/mol. The lowest BCUT2D eigenvalue weighted by atomic mass is 9.43. The zero-order chi connectivity index (χ0) is 36.3. The van der Waals surface area contributed by atoms with Crippen molar-refractivity contribution in [1.82, 2.24) is 0 Å². The van der Waals surface area contributed by atoms with Crippen LogP contribution in [0, 0.1) is 13.8 Å². The van der Waals surface area contributed by atoms with Crippen molar-refractivity contribution in [3.8, 4) is 11.1 Å². The van der Waals surface area contributed by atoms with Crippen molar-refractivity contribution >= 4 is 62.5 Å². The number of hydrogen-bond donors (Lipinski definition) is 0. The molecule has 1 aliphatic carbocycles. The standard InChI is InChI=1S/C48H51BN2O/c1-28-23-35-32-18-19-33-34-25-30(45(3,4)5)17-20-40(34)52-44(33)42(32)51(38-16-12-11-15-29(38)2)49-37-27-31(46(6,7)8)26-36-43(37)50(39(24-28)41(35)49)48(10)22-14-13-21-47(36,48)9/h11-12,15-20,23-27H,13-14,21-22H2,1-10H3. The predicted molar refractivity (Wildman–Crippen MR) is 222 cm³/mol. The molecule has 52 heavy (non-hydrogen) atoms. The van der Waals surface area contributed by atoms with Crippen molar-refractivity contribution in [1.29, 1.82) is 0 Å². The van der Waals surface area contributed by atoms with E-state index in [1.54, 1.807) is 5.56 Å². The van der Waals surface area contributed by atoms with Gasteiger partial charge in [0.25, 0.3) is 0 Å². The van der Waals surface area contributed by atoms with Crippen LogP contribution in [0.3, 0.4) is 0 Å². The van der Waals surface area contributed by atoms with E-state index >= 15 is 0 Å². The first-order valence-corrected chi connectivity index (χ1v) is 19.6. The Balaban J connectivity index is 1.38. The van der Waals surface area contributed by atoms with Crippen LogP contribution in [0.2, 0.25) is 0 Å². The number of aryl methyl sites for hydroxylation is 2. The molecular formula is C48H51BN2O. The summed E-state index contributed by atoms with van der Waals surface area (Å²) in [5.41, 5.74) is 19.7. The van der Waals surface area contributed by atoms with Gasteiger partial charge in [0.2, 0.25) is 0 Å². The molecule has 3 aliphatic heterocycles. The Labute approximate surface area is 310 Å². The van der Waals surface area contributed by atoms with Crippen LogP contribution in [0.1, 0.15) is 109 Å². The van der Waals surface area contributed by atoms with Gasteiger partial charge in [-0.2, -0.15) is 0 Å². The largest absolute Gasteiger partial charge is 0.454 e. The maximum atomic E-state index is 7.08. The average Bonchev–Trinajstić information content (AvgIpc) is 3.56. The van der Waals surface area contributed by atoms with E-state index in [-0.39, 0.29) is 28.6 Å². The van der Waals surface area contributed by atoms with Crippen LogP contribution in [0.25, 0.3) is 33.1 Å². The lowest BCUT2D eigenvalue weighted by Crippen LogP contribution is -2.64. The minimum atomic E-state index is -0.0113. The minimum Gasteiger partial charge on any atom is -0.454 e. The fraction of sp³-hybridized carbons (Fsp3) is 0.375. The van der Waals surface area contributed by atoms with E-state index in [1.165, 1.54) is 104 Å². The van der Waals surface area contributed by atoms with Crippen LogP contribution < -0.4 is 20.6 Å². The molecule has 0 N–H and O–H groups in total. The van der Waals surface area contributed by atoms with Crippen molar-refractivity contribution in [2.45, 2.75) is 117 Å². The molecule has 262 valence electrons. The maximum absolute atomic E-state index is 7.08. The Morgan fingerprint density at radius 3 is 2.19 bits per heavy atom. The lowest BCUT2D eigenvalue weighted by Gasteiger charge is -2.53. The van der Waals surface area contributed by atoms with Crippen molar-refractivity contribution in [3.63, 3.8) is 0 Å². The van der Waals surface area contributed by atoms with Crippen molar-refractivity contribution in [2.24, 2.45) is 0 Å². The van der Waals surface area contributed by atoms with Gasteiger partial charge in [-0.1, -0.05) is 110 Å². The second-order valence-corrected chi connectivity index (χ2v) is 19.1. The van der Waals surface area contributed by atoms with E-state index in [1.807, 2.05) is 0 Å². The number of para-hydroxylation sites is 1. The Morgan fingerprint density at radius 2 is 1.44 bits per heavy atom. The Morgan fingerprint density at radius 1 is 0.692 bits per heavy atom. The molecule has 0 amide bonds. The van der Waals surface area contributed by atoms with Gasteiger partial charge in [-0.25, -0.2) is 0 Å². The van der Waals surface area contributed by atoms with E-state index in [0.29, 0.717) is 0 Å². The van der Waals surface area contributed by atoms with Gasteiger partial charge in [-0.05, 0) is 119 Å². The quantitative estimate of drug-likeness (QED) is 0.161. The first kappa shape index (κ1) is 32.2. The number of anilines is 4. The molecule has 0 bridgehead atoms. The summed E-state index contributed by atoms with van der Waals surface area (Å²) in [5.74, 6) is 0. The van der Waals surface area contributed by atoms with Crippen molar-refractivity contribution < 1.29 is 4.42 Å². The fourth-order valence-corrected chi connectivity index (χ4v) is 10.7. The number of nitrogens with zero attached hydrogens (tertiary/aromatic N) is 2.